The van der Waals surface area contributed by atoms with Gasteiger partial charge in [-0.15, -0.1) is 11.3 Å². The Morgan fingerprint density at radius 3 is 2.42 bits per heavy atom. The van der Waals surface area contributed by atoms with Gasteiger partial charge in [0.05, 0.1) is 4.88 Å². The zero-order valence-electron chi connectivity index (χ0n) is 9.87. The van der Waals surface area contributed by atoms with Crippen LogP contribution in [0.1, 0.15) is 15.2 Å². The molecule has 0 radical (unpaired) electrons. The van der Waals surface area contributed by atoms with Crippen molar-refractivity contribution < 1.29 is 14.7 Å². The Hall–Kier alpha value is -2.40. The second-order valence-corrected chi connectivity index (χ2v) is 4.65. The van der Waals surface area contributed by atoms with Crippen LogP contribution in [-0.4, -0.2) is 17.0 Å². The van der Waals surface area contributed by atoms with Crippen LogP contribution in [0.4, 0.5) is 0 Å². The van der Waals surface area contributed by atoms with Crippen molar-refractivity contribution in [2.75, 3.05) is 0 Å². The van der Waals surface area contributed by atoms with Gasteiger partial charge in [-0.05, 0) is 23.1 Å². The minimum Gasteiger partial charge on any atom is -0.477 e. The summed E-state index contributed by atoms with van der Waals surface area (Å²) in [4.78, 5) is 23.4. The fourth-order valence-electron chi connectivity index (χ4n) is 1.46. The van der Waals surface area contributed by atoms with Gasteiger partial charge in [0.15, 0.2) is 0 Å². The SMILES string of the molecule is O=C(O)/C(=C/c1ccccc1)NC(=O)c1cccs1. The largest absolute Gasteiger partial charge is 0.477 e. The standard InChI is InChI=1S/C14H11NO3S/c16-13(12-7-4-8-19-12)15-11(14(17)18)9-10-5-2-1-3-6-10/h1-9H,(H,15,16)(H,17,18)/b11-9-. The van der Waals surface area contributed by atoms with Crippen molar-refractivity contribution in [1.82, 2.24) is 5.32 Å². The Balaban J connectivity index is 2.20. The molecule has 4 nitrogen and oxygen atoms in total. The van der Waals surface area contributed by atoms with Crippen molar-refractivity contribution in [2.45, 2.75) is 0 Å². The number of carbonyl (C=O) groups excluding carboxylic acids is 1. The lowest BCUT2D eigenvalue weighted by molar-refractivity contribution is -0.132. The summed E-state index contributed by atoms with van der Waals surface area (Å²) in [7, 11) is 0. The van der Waals surface area contributed by atoms with E-state index >= 15 is 0 Å². The molecule has 0 aliphatic heterocycles. The first-order chi connectivity index (χ1) is 9.16. The van der Waals surface area contributed by atoms with Gasteiger partial charge in [0.2, 0.25) is 0 Å². The van der Waals surface area contributed by atoms with Gasteiger partial charge in [-0.25, -0.2) is 4.79 Å². The number of carboxylic acids is 1. The molecule has 1 heterocycles. The molecule has 0 fully saturated rings. The average molecular weight is 273 g/mol. The van der Waals surface area contributed by atoms with E-state index in [0.717, 1.165) is 0 Å². The van der Waals surface area contributed by atoms with Crippen LogP contribution in [0.5, 0.6) is 0 Å². The third-order valence-electron chi connectivity index (χ3n) is 2.33. The number of hydrogen-bond donors (Lipinski definition) is 2. The van der Waals surface area contributed by atoms with Crippen molar-refractivity contribution in [3.05, 3.63) is 64.0 Å². The lowest BCUT2D eigenvalue weighted by atomic mass is 10.2. The fourth-order valence-corrected chi connectivity index (χ4v) is 2.08. The van der Waals surface area contributed by atoms with Crippen LogP contribution in [-0.2, 0) is 4.79 Å². The molecule has 1 aromatic heterocycles. The van der Waals surface area contributed by atoms with E-state index in [-0.39, 0.29) is 5.70 Å². The number of nitrogens with one attached hydrogen (secondary N) is 1. The number of aliphatic carboxylic acids is 1. The zero-order chi connectivity index (χ0) is 13.7. The Morgan fingerprint density at radius 1 is 1.11 bits per heavy atom. The molecule has 0 atom stereocenters. The highest BCUT2D eigenvalue weighted by atomic mass is 32.1. The summed E-state index contributed by atoms with van der Waals surface area (Å²) in [6, 6.07) is 12.3. The topological polar surface area (TPSA) is 66.4 Å². The number of carboxylic acid groups (broad SMARTS) is 1. The third-order valence-corrected chi connectivity index (χ3v) is 3.20. The minimum absolute atomic E-state index is 0.149. The molecule has 2 aromatic rings. The van der Waals surface area contributed by atoms with E-state index in [4.69, 9.17) is 5.11 Å². The minimum atomic E-state index is -1.17. The number of thiophene rings is 1. The van der Waals surface area contributed by atoms with Gasteiger partial charge in [-0.3, -0.25) is 4.79 Å². The average Bonchev–Trinajstić information content (AvgIpc) is 2.93. The summed E-state index contributed by atoms with van der Waals surface area (Å²) < 4.78 is 0. The Morgan fingerprint density at radius 2 is 1.84 bits per heavy atom. The molecule has 96 valence electrons. The van der Waals surface area contributed by atoms with Gasteiger partial charge in [-0.1, -0.05) is 36.4 Å². The van der Waals surface area contributed by atoms with Gasteiger partial charge in [0.1, 0.15) is 5.70 Å². The normalized spacial score (nSPS) is 11.1. The van der Waals surface area contributed by atoms with Crippen LogP contribution < -0.4 is 5.32 Å². The van der Waals surface area contributed by atoms with E-state index < -0.39 is 11.9 Å². The van der Waals surface area contributed by atoms with Crippen LogP contribution in [0.3, 0.4) is 0 Å². The first-order valence-corrected chi connectivity index (χ1v) is 6.39. The molecule has 0 saturated heterocycles. The van der Waals surface area contributed by atoms with Gasteiger partial charge in [0, 0.05) is 0 Å². The summed E-state index contributed by atoms with van der Waals surface area (Å²) in [5.41, 5.74) is 0.566. The molecule has 19 heavy (non-hydrogen) atoms. The Labute approximate surface area is 114 Å². The maximum atomic E-state index is 11.8. The van der Waals surface area contributed by atoms with Gasteiger partial charge < -0.3 is 10.4 Å². The maximum absolute atomic E-state index is 11.8. The predicted octanol–water partition coefficient (Wildman–Crippen LogP) is 2.60. The third kappa shape index (κ3) is 3.53. The van der Waals surface area contributed by atoms with Crippen LogP contribution in [0.15, 0.2) is 53.5 Å². The molecule has 0 aliphatic rings. The molecule has 2 rings (SSSR count). The molecule has 2 N–H and O–H groups in total. The molecular formula is C14H11NO3S. The molecule has 0 spiro atoms. The van der Waals surface area contributed by atoms with Crippen LogP contribution in [0, 0.1) is 0 Å². The molecule has 5 heteroatoms. The van der Waals surface area contributed by atoms with Crippen molar-refractivity contribution in [1.29, 1.82) is 0 Å². The summed E-state index contributed by atoms with van der Waals surface area (Å²) in [6.07, 6.45) is 1.42. The molecule has 1 aromatic carbocycles. The monoisotopic (exact) mass is 273 g/mol. The highest BCUT2D eigenvalue weighted by Crippen LogP contribution is 2.10. The zero-order valence-corrected chi connectivity index (χ0v) is 10.7. The van der Waals surface area contributed by atoms with Crippen LogP contribution in [0.2, 0.25) is 0 Å². The second kappa shape index (κ2) is 5.97. The smallest absolute Gasteiger partial charge is 0.352 e. The van der Waals surface area contributed by atoms with Crippen molar-refractivity contribution in [2.24, 2.45) is 0 Å². The molecule has 1 amide bonds. The van der Waals surface area contributed by atoms with E-state index in [1.54, 1.807) is 41.8 Å². The van der Waals surface area contributed by atoms with E-state index in [0.29, 0.717) is 10.4 Å². The number of benzene rings is 1. The van der Waals surface area contributed by atoms with Crippen LogP contribution >= 0.6 is 11.3 Å². The van der Waals surface area contributed by atoms with E-state index in [9.17, 15) is 9.59 Å². The van der Waals surface area contributed by atoms with Crippen molar-refractivity contribution in [3.8, 4) is 0 Å². The predicted molar refractivity (Wildman–Crippen MR) is 73.8 cm³/mol. The lowest BCUT2D eigenvalue weighted by Crippen LogP contribution is -2.26. The summed E-state index contributed by atoms with van der Waals surface area (Å²) >= 11 is 1.26. The second-order valence-electron chi connectivity index (χ2n) is 3.71. The molecule has 0 unspecified atom stereocenters. The summed E-state index contributed by atoms with van der Waals surface area (Å²) in [6.45, 7) is 0. The summed E-state index contributed by atoms with van der Waals surface area (Å²) in [5, 5.41) is 13.3. The van der Waals surface area contributed by atoms with Gasteiger partial charge in [0.25, 0.3) is 5.91 Å². The molecule has 0 bridgehead atoms. The number of carbonyl (C=O) groups is 2. The Bertz CT molecular complexity index is 603. The number of hydrogen-bond acceptors (Lipinski definition) is 3. The number of amides is 1. The number of rotatable bonds is 4. The molecule has 0 saturated carbocycles. The summed E-state index contributed by atoms with van der Waals surface area (Å²) in [5.74, 6) is -1.59. The van der Waals surface area contributed by atoms with Gasteiger partial charge >= 0.3 is 5.97 Å². The lowest BCUT2D eigenvalue weighted by Gasteiger charge is -2.04. The van der Waals surface area contributed by atoms with Gasteiger partial charge in [-0.2, -0.15) is 0 Å². The van der Waals surface area contributed by atoms with Crippen molar-refractivity contribution in [3.63, 3.8) is 0 Å². The molecular weight excluding hydrogens is 262 g/mol. The highest BCUT2D eigenvalue weighted by Gasteiger charge is 2.13. The highest BCUT2D eigenvalue weighted by molar-refractivity contribution is 7.12. The van der Waals surface area contributed by atoms with Crippen LogP contribution in [0.25, 0.3) is 6.08 Å². The van der Waals surface area contributed by atoms with Crippen molar-refractivity contribution >= 4 is 29.3 Å². The van der Waals surface area contributed by atoms with E-state index in [1.165, 1.54) is 17.4 Å². The Kier molecular flexibility index (Phi) is 4.10. The van der Waals surface area contributed by atoms with E-state index in [2.05, 4.69) is 5.32 Å². The van der Waals surface area contributed by atoms with E-state index in [1.807, 2.05) is 6.07 Å². The fraction of sp³-hybridized carbons (Fsp3) is 0. The maximum Gasteiger partial charge on any atom is 0.352 e. The molecule has 0 aliphatic carbocycles. The first-order valence-electron chi connectivity index (χ1n) is 5.52. The quantitative estimate of drug-likeness (QED) is 0.841. The first kappa shape index (κ1) is 13.0.